The quantitative estimate of drug-likeness (QED) is 0.664. The molecule has 3 rings (SSSR count). The molecule has 0 radical (unpaired) electrons. The van der Waals surface area contributed by atoms with Crippen molar-refractivity contribution in [3.05, 3.63) is 48.0 Å². The van der Waals surface area contributed by atoms with E-state index in [1.165, 1.54) is 0 Å². The van der Waals surface area contributed by atoms with Crippen LogP contribution < -0.4 is 24.4 Å². The van der Waals surface area contributed by atoms with Gasteiger partial charge in [-0.05, 0) is 43.7 Å². The molecule has 0 aliphatic carbocycles. The van der Waals surface area contributed by atoms with Crippen LogP contribution in [0.15, 0.2) is 42.5 Å². The van der Waals surface area contributed by atoms with Crippen molar-refractivity contribution < 1.29 is 19.0 Å². The molecule has 1 saturated heterocycles. The van der Waals surface area contributed by atoms with E-state index < -0.39 is 0 Å². The van der Waals surface area contributed by atoms with Crippen LogP contribution in [0, 0.1) is 0 Å². The molecular formula is C24H33N3O4. The van der Waals surface area contributed by atoms with Crippen molar-refractivity contribution >= 4 is 11.6 Å². The second kappa shape index (κ2) is 10.9. The summed E-state index contributed by atoms with van der Waals surface area (Å²) in [6.07, 6.45) is 0. The number of hydrogen-bond donors (Lipinski definition) is 1. The molecule has 1 atom stereocenters. The monoisotopic (exact) mass is 427 g/mol. The van der Waals surface area contributed by atoms with Crippen LogP contribution in [0.3, 0.4) is 0 Å². The van der Waals surface area contributed by atoms with E-state index >= 15 is 0 Å². The highest BCUT2D eigenvalue weighted by Gasteiger charge is 2.26. The Morgan fingerprint density at radius 2 is 1.71 bits per heavy atom. The molecule has 0 unspecified atom stereocenters. The molecule has 31 heavy (non-hydrogen) atoms. The summed E-state index contributed by atoms with van der Waals surface area (Å²) in [5, 5.41) is 3.04. The molecule has 1 aliphatic heterocycles. The lowest BCUT2D eigenvalue weighted by Crippen LogP contribution is -2.53. The van der Waals surface area contributed by atoms with Gasteiger partial charge >= 0.3 is 0 Å². The summed E-state index contributed by atoms with van der Waals surface area (Å²) in [6, 6.07) is 13.6. The predicted octanol–water partition coefficient (Wildman–Crippen LogP) is 2.93. The van der Waals surface area contributed by atoms with Gasteiger partial charge in [-0.15, -0.1) is 0 Å². The van der Waals surface area contributed by atoms with Gasteiger partial charge in [0.15, 0.2) is 11.5 Å². The first-order valence-electron chi connectivity index (χ1n) is 10.8. The number of amides is 1. The van der Waals surface area contributed by atoms with E-state index in [4.69, 9.17) is 14.2 Å². The van der Waals surface area contributed by atoms with Crippen LogP contribution in [0.2, 0.25) is 0 Å². The summed E-state index contributed by atoms with van der Waals surface area (Å²) in [5.41, 5.74) is 2.09. The van der Waals surface area contributed by atoms with Crippen molar-refractivity contribution in [1.82, 2.24) is 10.2 Å². The van der Waals surface area contributed by atoms with Gasteiger partial charge in [-0.1, -0.05) is 18.2 Å². The normalized spacial score (nSPS) is 15.3. The number of carbonyl (C=O) groups is 1. The van der Waals surface area contributed by atoms with Crippen LogP contribution in [-0.4, -0.2) is 63.9 Å². The molecule has 2 aromatic rings. The van der Waals surface area contributed by atoms with Crippen LogP contribution in [0.4, 0.5) is 5.69 Å². The highest BCUT2D eigenvalue weighted by atomic mass is 16.5. The Balaban J connectivity index is 1.52. The lowest BCUT2D eigenvalue weighted by Gasteiger charge is -2.39. The second-order valence-corrected chi connectivity index (χ2v) is 7.51. The number of rotatable bonds is 9. The lowest BCUT2D eigenvalue weighted by atomic mass is 10.1. The minimum atomic E-state index is -0.190. The number of nitrogens with one attached hydrogen (secondary N) is 1. The summed E-state index contributed by atoms with van der Waals surface area (Å²) in [5.74, 6) is 2.28. The number of hydrogen-bond acceptors (Lipinski definition) is 6. The van der Waals surface area contributed by atoms with Crippen molar-refractivity contribution in [2.45, 2.75) is 26.4 Å². The molecule has 1 N–H and O–H groups in total. The fourth-order valence-corrected chi connectivity index (χ4v) is 3.84. The smallest absolute Gasteiger partial charge is 0.237 e. The third kappa shape index (κ3) is 5.61. The van der Waals surface area contributed by atoms with Crippen molar-refractivity contribution in [3.63, 3.8) is 0 Å². The molecule has 7 heteroatoms. The van der Waals surface area contributed by atoms with Gasteiger partial charge in [0.2, 0.25) is 5.91 Å². The summed E-state index contributed by atoms with van der Waals surface area (Å²) in [4.78, 5) is 17.3. The zero-order valence-electron chi connectivity index (χ0n) is 18.9. The zero-order chi connectivity index (χ0) is 22.2. The molecule has 1 amide bonds. The number of carbonyl (C=O) groups excluding carboxylic acids is 1. The summed E-state index contributed by atoms with van der Waals surface area (Å²) >= 11 is 0. The molecular weight excluding hydrogens is 394 g/mol. The maximum atomic E-state index is 12.7. The Labute approximate surface area is 184 Å². The van der Waals surface area contributed by atoms with Gasteiger partial charge in [0.05, 0.1) is 32.6 Å². The maximum Gasteiger partial charge on any atom is 0.237 e. The molecule has 0 spiro atoms. The number of benzene rings is 2. The molecule has 1 heterocycles. The summed E-state index contributed by atoms with van der Waals surface area (Å²) in [7, 11) is 3.21. The van der Waals surface area contributed by atoms with E-state index in [-0.39, 0.29) is 11.9 Å². The van der Waals surface area contributed by atoms with E-state index in [1.807, 2.05) is 50.2 Å². The number of ether oxygens (including phenoxy) is 3. The molecule has 1 fully saturated rings. The van der Waals surface area contributed by atoms with Crippen LogP contribution in [-0.2, 0) is 11.3 Å². The van der Waals surface area contributed by atoms with Gasteiger partial charge in [-0.2, -0.15) is 0 Å². The molecule has 0 bridgehead atoms. The van der Waals surface area contributed by atoms with Crippen molar-refractivity contribution in [3.8, 4) is 17.2 Å². The van der Waals surface area contributed by atoms with E-state index in [1.54, 1.807) is 14.2 Å². The standard InChI is InChI=1S/C24H33N3O4/c1-5-31-21-9-7-6-8-20(21)27-14-12-26(13-15-27)18(2)24(28)25-17-19-10-11-22(29-3)23(16-19)30-4/h6-11,16,18H,5,12-15,17H2,1-4H3,(H,25,28)/t18-/m1/s1. The Kier molecular flexibility index (Phi) is 8.00. The first-order chi connectivity index (χ1) is 15.1. The van der Waals surface area contributed by atoms with Gasteiger partial charge in [-0.25, -0.2) is 0 Å². The van der Waals surface area contributed by atoms with Crippen LogP contribution in [0.25, 0.3) is 0 Å². The lowest BCUT2D eigenvalue weighted by molar-refractivity contribution is -0.126. The Bertz CT molecular complexity index is 866. The topological polar surface area (TPSA) is 63.3 Å². The fraction of sp³-hybridized carbons (Fsp3) is 0.458. The zero-order valence-corrected chi connectivity index (χ0v) is 18.9. The average molecular weight is 428 g/mol. The number of piperazine rings is 1. The molecule has 168 valence electrons. The molecule has 2 aromatic carbocycles. The molecule has 0 aromatic heterocycles. The number of nitrogens with zero attached hydrogens (tertiary/aromatic N) is 2. The third-order valence-electron chi connectivity index (χ3n) is 5.66. The minimum absolute atomic E-state index is 0.0259. The number of methoxy groups -OCH3 is 2. The second-order valence-electron chi connectivity index (χ2n) is 7.51. The predicted molar refractivity (Wildman–Crippen MR) is 122 cm³/mol. The third-order valence-corrected chi connectivity index (χ3v) is 5.66. The van der Waals surface area contributed by atoms with Gasteiger partial charge in [0.25, 0.3) is 0 Å². The largest absolute Gasteiger partial charge is 0.493 e. The summed E-state index contributed by atoms with van der Waals surface area (Å²) in [6.45, 7) is 8.43. The van der Waals surface area contributed by atoms with Crippen molar-refractivity contribution in [2.24, 2.45) is 0 Å². The first-order valence-corrected chi connectivity index (χ1v) is 10.8. The number of para-hydroxylation sites is 2. The van der Waals surface area contributed by atoms with Crippen LogP contribution >= 0.6 is 0 Å². The maximum absolute atomic E-state index is 12.7. The van der Waals surface area contributed by atoms with E-state index in [0.29, 0.717) is 24.7 Å². The Morgan fingerprint density at radius 1 is 1.00 bits per heavy atom. The minimum Gasteiger partial charge on any atom is -0.493 e. The Morgan fingerprint density at radius 3 is 2.39 bits per heavy atom. The molecule has 1 aliphatic rings. The summed E-state index contributed by atoms with van der Waals surface area (Å²) < 4.78 is 16.4. The highest BCUT2D eigenvalue weighted by molar-refractivity contribution is 5.81. The van der Waals surface area contributed by atoms with E-state index in [9.17, 15) is 4.79 Å². The van der Waals surface area contributed by atoms with E-state index in [2.05, 4.69) is 21.2 Å². The van der Waals surface area contributed by atoms with Crippen LogP contribution in [0.1, 0.15) is 19.4 Å². The highest BCUT2D eigenvalue weighted by Crippen LogP contribution is 2.29. The van der Waals surface area contributed by atoms with Crippen molar-refractivity contribution in [2.75, 3.05) is 51.9 Å². The Hall–Kier alpha value is -2.93. The first kappa shape index (κ1) is 22.7. The molecule has 0 saturated carbocycles. The van der Waals surface area contributed by atoms with Crippen LogP contribution in [0.5, 0.6) is 17.2 Å². The number of anilines is 1. The van der Waals surface area contributed by atoms with Gasteiger partial charge < -0.3 is 24.4 Å². The fourth-order valence-electron chi connectivity index (χ4n) is 3.84. The van der Waals surface area contributed by atoms with Gasteiger partial charge in [-0.3, -0.25) is 9.69 Å². The van der Waals surface area contributed by atoms with E-state index in [0.717, 1.165) is 43.2 Å². The van der Waals surface area contributed by atoms with Gasteiger partial charge in [0.1, 0.15) is 5.75 Å². The van der Waals surface area contributed by atoms with Gasteiger partial charge in [0, 0.05) is 32.7 Å². The molecule has 7 nitrogen and oxygen atoms in total. The average Bonchev–Trinajstić information content (AvgIpc) is 2.82. The van der Waals surface area contributed by atoms with Crippen molar-refractivity contribution in [1.29, 1.82) is 0 Å². The SMILES string of the molecule is CCOc1ccccc1N1CCN([C@H](C)C(=O)NCc2ccc(OC)c(OC)c2)CC1.